The fourth-order valence-corrected chi connectivity index (χ4v) is 4.75. The van der Waals surface area contributed by atoms with E-state index < -0.39 is 11.6 Å². The summed E-state index contributed by atoms with van der Waals surface area (Å²) < 4.78 is 29.5. The van der Waals surface area contributed by atoms with Crippen LogP contribution in [0.4, 0.5) is 8.78 Å². The average Bonchev–Trinajstić information content (AvgIpc) is 2.82. The fourth-order valence-electron chi connectivity index (χ4n) is 3.50. The van der Waals surface area contributed by atoms with Gasteiger partial charge in [0.15, 0.2) is 0 Å². The van der Waals surface area contributed by atoms with Crippen molar-refractivity contribution in [1.29, 1.82) is 0 Å². The van der Waals surface area contributed by atoms with E-state index in [0.29, 0.717) is 42.2 Å². The second-order valence-corrected chi connectivity index (χ2v) is 7.89. The first kappa shape index (κ1) is 18.0. The normalized spacial score (nSPS) is 17.9. The smallest absolute Gasteiger partial charge is 0.272 e. The van der Waals surface area contributed by atoms with Gasteiger partial charge in [-0.25, -0.2) is 13.8 Å². The molecule has 3 heterocycles. The molecule has 1 saturated heterocycles. The van der Waals surface area contributed by atoms with Gasteiger partial charge in [0.2, 0.25) is 0 Å². The van der Waals surface area contributed by atoms with Crippen LogP contribution in [0.25, 0.3) is 5.65 Å². The van der Waals surface area contributed by atoms with Crippen molar-refractivity contribution in [3.05, 3.63) is 71.2 Å². The van der Waals surface area contributed by atoms with Crippen molar-refractivity contribution >= 4 is 23.3 Å². The molecular formula is C20H19F2N3OS. The number of imidazole rings is 1. The number of hydrogen-bond donors (Lipinski definition) is 0. The molecule has 7 heteroatoms. The Morgan fingerprint density at radius 2 is 2.07 bits per heavy atom. The maximum absolute atomic E-state index is 14.1. The molecule has 4 nitrogen and oxygen atoms in total. The minimum atomic E-state index is -0.439. The Morgan fingerprint density at radius 3 is 2.93 bits per heavy atom. The molecule has 0 N–H and O–H groups in total. The molecule has 1 aromatic carbocycles. The molecule has 1 fully saturated rings. The molecule has 0 spiro atoms. The van der Waals surface area contributed by atoms with Crippen LogP contribution in [0, 0.1) is 18.6 Å². The standard InChI is InChI=1S/C20H19F2N3OS/c1-13-19(25-8-3-2-4-18(25)23-13)20(26)24-9-7-17(27-11-10-24)15-12-14(21)5-6-16(15)22/h2-6,8,12,17H,7,9-11H2,1H3. The third kappa shape index (κ3) is 3.43. The van der Waals surface area contributed by atoms with Gasteiger partial charge in [-0.05, 0) is 43.7 Å². The molecule has 4 rings (SSSR count). The highest BCUT2D eigenvalue weighted by atomic mass is 32.2. The Balaban J connectivity index is 1.56. The van der Waals surface area contributed by atoms with E-state index in [9.17, 15) is 13.6 Å². The number of rotatable bonds is 2. The lowest BCUT2D eigenvalue weighted by atomic mass is 10.1. The number of nitrogens with zero attached hydrogens (tertiary/aromatic N) is 3. The van der Waals surface area contributed by atoms with Gasteiger partial charge in [0.05, 0.1) is 5.69 Å². The van der Waals surface area contributed by atoms with Crippen LogP contribution in [0.1, 0.15) is 33.4 Å². The fraction of sp³-hybridized carbons (Fsp3) is 0.300. The summed E-state index contributed by atoms with van der Waals surface area (Å²) in [5.74, 6) is -0.244. The molecule has 27 heavy (non-hydrogen) atoms. The van der Waals surface area contributed by atoms with Gasteiger partial charge < -0.3 is 4.90 Å². The van der Waals surface area contributed by atoms with E-state index in [4.69, 9.17) is 0 Å². The van der Waals surface area contributed by atoms with Crippen LogP contribution in [0.3, 0.4) is 0 Å². The summed E-state index contributed by atoms with van der Waals surface area (Å²) in [7, 11) is 0. The number of benzene rings is 1. The summed E-state index contributed by atoms with van der Waals surface area (Å²) >= 11 is 1.56. The van der Waals surface area contributed by atoms with Gasteiger partial charge in [-0.2, -0.15) is 11.8 Å². The molecule has 0 saturated carbocycles. The quantitative estimate of drug-likeness (QED) is 0.660. The van der Waals surface area contributed by atoms with Gasteiger partial charge in [-0.3, -0.25) is 9.20 Å². The van der Waals surface area contributed by atoms with Crippen molar-refractivity contribution in [2.24, 2.45) is 0 Å². The number of thioether (sulfide) groups is 1. The van der Waals surface area contributed by atoms with Crippen LogP contribution in [0.2, 0.25) is 0 Å². The molecule has 1 aliphatic rings. The molecule has 1 unspecified atom stereocenters. The van der Waals surface area contributed by atoms with E-state index >= 15 is 0 Å². The van der Waals surface area contributed by atoms with E-state index in [1.807, 2.05) is 31.3 Å². The van der Waals surface area contributed by atoms with Gasteiger partial charge in [0, 0.05) is 35.9 Å². The largest absolute Gasteiger partial charge is 0.336 e. The van der Waals surface area contributed by atoms with Crippen LogP contribution in [0.5, 0.6) is 0 Å². The molecular weight excluding hydrogens is 368 g/mol. The van der Waals surface area contributed by atoms with Crippen LogP contribution in [-0.4, -0.2) is 39.0 Å². The number of aromatic nitrogens is 2. The third-order valence-electron chi connectivity index (χ3n) is 4.84. The molecule has 1 atom stereocenters. The SMILES string of the molecule is Cc1nc2ccccn2c1C(=O)N1CCSC(c2cc(F)ccc2F)CC1. The third-order valence-corrected chi connectivity index (χ3v) is 6.15. The van der Waals surface area contributed by atoms with Gasteiger partial charge in [-0.15, -0.1) is 0 Å². The zero-order chi connectivity index (χ0) is 19.0. The number of aryl methyl sites for hydroxylation is 1. The Morgan fingerprint density at radius 1 is 1.22 bits per heavy atom. The topological polar surface area (TPSA) is 37.6 Å². The number of carbonyl (C=O) groups excluding carboxylic acids is 1. The van der Waals surface area contributed by atoms with Crippen molar-refractivity contribution in [3.8, 4) is 0 Å². The second kappa shape index (κ2) is 7.31. The number of halogens is 2. The molecule has 2 aromatic heterocycles. The summed E-state index contributed by atoms with van der Waals surface area (Å²) in [6, 6.07) is 9.18. The lowest BCUT2D eigenvalue weighted by Crippen LogP contribution is -2.34. The summed E-state index contributed by atoms with van der Waals surface area (Å²) in [4.78, 5) is 19.4. The van der Waals surface area contributed by atoms with Crippen LogP contribution >= 0.6 is 11.8 Å². The molecule has 0 bridgehead atoms. The first-order chi connectivity index (χ1) is 13.0. The lowest BCUT2D eigenvalue weighted by molar-refractivity contribution is 0.0759. The predicted octanol–water partition coefficient (Wildman–Crippen LogP) is 4.24. The van der Waals surface area contributed by atoms with Crippen molar-refractivity contribution in [2.45, 2.75) is 18.6 Å². The van der Waals surface area contributed by atoms with Gasteiger partial charge in [-0.1, -0.05) is 6.07 Å². The highest BCUT2D eigenvalue weighted by Crippen LogP contribution is 2.36. The van der Waals surface area contributed by atoms with E-state index in [1.165, 1.54) is 12.1 Å². The first-order valence-electron chi connectivity index (χ1n) is 8.84. The van der Waals surface area contributed by atoms with E-state index in [-0.39, 0.29) is 11.2 Å². The second-order valence-electron chi connectivity index (χ2n) is 6.58. The highest BCUT2D eigenvalue weighted by Gasteiger charge is 2.27. The average molecular weight is 387 g/mol. The number of carbonyl (C=O) groups is 1. The zero-order valence-electron chi connectivity index (χ0n) is 14.9. The van der Waals surface area contributed by atoms with Gasteiger partial charge in [0.25, 0.3) is 5.91 Å². The van der Waals surface area contributed by atoms with Crippen molar-refractivity contribution in [1.82, 2.24) is 14.3 Å². The van der Waals surface area contributed by atoms with Gasteiger partial charge >= 0.3 is 0 Å². The van der Waals surface area contributed by atoms with Crippen molar-refractivity contribution < 1.29 is 13.6 Å². The van der Waals surface area contributed by atoms with Crippen molar-refractivity contribution in [2.75, 3.05) is 18.8 Å². The Kier molecular flexibility index (Phi) is 4.86. The van der Waals surface area contributed by atoms with Crippen LogP contribution in [0.15, 0.2) is 42.6 Å². The Labute approximate surface area is 160 Å². The summed E-state index contributed by atoms with van der Waals surface area (Å²) in [5.41, 5.74) is 2.37. The molecule has 1 aliphatic heterocycles. The maximum Gasteiger partial charge on any atom is 0.272 e. The lowest BCUT2D eigenvalue weighted by Gasteiger charge is -2.20. The Bertz CT molecular complexity index is 1000. The number of amides is 1. The number of hydrogen-bond acceptors (Lipinski definition) is 3. The van der Waals surface area contributed by atoms with Crippen molar-refractivity contribution in [3.63, 3.8) is 0 Å². The van der Waals surface area contributed by atoms with Crippen LogP contribution in [-0.2, 0) is 0 Å². The predicted molar refractivity (Wildman–Crippen MR) is 102 cm³/mol. The summed E-state index contributed by atoms with van der Waals surface area (Å²) in [5, 5.41) is -0.165. The maximum atomic E-state index is 14.1. The van der Waals surface area contributed by atoms with E-state index in [1.54, 1.807) is 21.1 Å². The number of pyridine rings is 1. The molecule has 0 radical (unpaired) electrons. The molecule has 140 valence electrons. The van der Waals surface area contributed by atoms with Gasteiger partial charge in [0.1, 0.15) is 23.0 Å². The first-order valence-corrected chi connectivity index (χ1v) is 9.89. The Hall–Kier alpha value is -2.41. The summed E-state index contributed by atoms with van der Waals surface area (Å²) in [6.45, 7) is 2.89. The number of fused-ring (bicyclic) bond motifs is 1. The minimum absolute atomic E-state index is 0.0767. The molecule has 3 aromatic rings. The van der Waals surface area contributed by atoms with E-state index in [0.717, 1.165) is 11.7 Å². The molecule has 0 aliphatic carbocycles. The monoisotopic (exact) mass is 387 g/mol. The zero-order valence-corrected chi connectivity index (χ0v) is 15.7. The van der Waals surface area contributed by atoms with Crippen LogP contribution < -0.4 is 0 Å². The highest BCUT2D eigenvalue weighted by molar-refractivity contribution is 7.99. The van der Waals surface area contributed by atoms with E-state index in [2.05, 4.69) is 4.98 Å². The molecule has 1 amide bonds. The summed E-state index contributed by atoms with van der Waals surface area (Å²) in [6.07, 6.45) is 2.41. The minimum Gasteiger partial charge on any atom is -0.336 e.